The van der Waals surface area contributed by atoms with Crippen LogP contribution in [-0.4, -0.2) is 34.0 Å². The molecule has 0 radical (unpaired) electrons. The summed E-state index contributed by atoms with van der Waals surface area (Å²) in [7, 11) is 0. The van der Waals surface area contributed by atoms with Crippen LogP contribution in [0.25, 0.3) is 0 Å². The van der Waals surface area contributed by atoms with E-state index in [1.807, 2.05) is 36.5 Å². The second-order valence-electron chi connectivity index (χ2n) is 11.6. The van der Waals surface area contributed by atoms with Crippen molar-refractivity contribution in [2.75, 3.05) is 13.2 Å². The van der Waals surface area contributed by atoms with Crippen LogP contribution in [0.5, 0.6) is 11.6 Å². The Labute approximate surface area is 267 Å². The Morgan fingerprint density at radius 2 is 1.39 bits per heavy atom. The first kappa shape index (κ1) is 35.4. The normalized spacial score (nSPS) is 11.1. The van der Waals surface area contributed by atoms with Crippen LogP contribution in [0.3, 0.4) is 0 Å². The summed E-state index contributed by atoms with van der Waals surface area (Å²) in [5.74, 6) is 0.397. The van der Waals surface area contributed by atoms with Gasteiger partial charge in [0.05, 0.1) is 18.1 Å². The van der Waals surface area contributed by atoms with E-state index in [2.05, 4.69) is 24.9 Å². The van der Waals surface area contributed by atoms with Gasteiger partial charge >= 0.3 is 11.0 Å². The van der Waals surface area contributed by atoms with Crippen molar-refractivity contribution in [3.63, 3.8) is 0 Å². The fourth-order valence-corrected chi connectivity index (χ4v) is 6.06. The van der Waals surface area contributed by atoms with Gasteiger partial charge in [-0.1, -0.05) is 127 Å². The lowest BCUT2D eigenvalue weighted by Gasteiger charge is -2.08. The smallest absolute Gasteiger partial charge is 0.424 e. The first-order valence-electron chi connectivity index (χ1n) is 16.8. The van der Waals surface area contributed by atoms with Gasteiger partial charge in [-0.3, -0.25) is 9.78 Å². The molecule has 0 unspecified atom stereocenters. The summed E-state index contributed by atoms with van der Waals surface area (Å²) in [6.45, 7) is 5.13. The molecular formula is C36H52N2O5S. The third-order valence-corrected chi connectivity index (χ3v) is 8.90. The summed E-state index contributed by atoms with van der Waals surface area (Å²) in [6, 6.07) is 11.6. The third kappa shape index (κ3) is 12.8. The van der Waals surface area contributed by atoms with E-state index in [-0.39, 0.29) is 12.5 Å². The number of aryl methyl sites for hydroxylation is 1. The van der Waals surface area contributed by atoms with Crippen LogP contribution in [0, 0.1) is 0 Å². The lowest BCUT2D eigenvalue weighted by atomic mass is 10.0. The zero-order chi connectivity index (χ0) is 31.4. The van der Waals surface area contributed by atoms with Crippen LogP contribution in [-0.2, 0) is 24.0 Å². The summed E-state index contributed by atoms with van der Waals surface area (Å²) < 4.78 is 11.9. The Balaban J connectivity index is 1.29. The summed E-state index contributed by atoms with van der Waals surface area (Å²) >= 11 is 0.865. The maximum Gasteiger partial charge on any atom is 0.424 e. The number of thiazole rings is 1. The van der Waals surface area contributed by atoms with Crippen LogP contribution in [0.2, 0.25) is 0 Å². The third-order valence-electron chi connectivity index (χ3n) is 7.97. The first-order chi connectivity index (χ1) is 21.5. The van der Waals surface area contributed by atoms with Gasteiger partial charge in [-0.25, -0.2) is 4.79 Å². The molecule has 0 aliphatic rings. The van der Waals surface area contributed by atoms with Crippen molar-refractivity contribution in [2.24, 2.45) is 0 Å². The standard InChI is InChI=1S/C36H52N2O5S/c1-3-5-6-7-8-9-10-11-12-13-14-15-16-17-25-43-35(40)38-34(39)33(44-36(38)41)27-30-19-22-32(23-20-30)42-26-24-31-21-18-29(4-2)28-37-31/h18-23,28,39H,3-17,24-27H2,1-2H3. The van der Waals surface area contributed by atoms with Crippen molar-refractivity contribution < 1.29 is 19.4 Å². The molecule has 0 aliphatic carbocycles. The van der Waals surface area contributed by atoms with E-state index >= 15 is 0 Å². The van der Waals surface area contributed by atoms with Gasteiger partial charge in [0.2, 0.25) is 5.88 Å². The molecule has 2 heterocycles. The highest BCUT2D eigenvalue weighted by molar-refractivity contribution is 7.09. The molecule has 0 saturated heterocycles. The van der Waals surface area contributed by atoms with E-state index in [1.165, 1.54) is 76.2 Å². The Morgan fingerprint density at radius 1 is 0.795 bits per heavy atom. The predicted molar refractivity (Wildman–Crippen MR) is 179 cm³/mol. The number of unbranched alkanes of at least 4 members (excludes halogenated alkanes) is 13. The van der Waals surface area contributed by atoms with Gasteiger partial charge in [-0.2, -0.15) is 4.57 Å². The number of pyridine rings is 1. The monoisotopic (exact) mass is 624 g/mol. The van der Waals surface area contributed by atoms with Crippen LogP contribution < -0.4 is 9.61 Å². The molecule has 2 aromatic heterocycles. The average molecular weight is 625 g/mol. The van der Waals surface area contributed by atoms with Gasteiger partial charge in [0.15, 0.2) is 0 Å². The molecule has 0 atom stereocenters. The van der Waals surface area contributed by atoms with Gasteiger partial charge in [-0.05, 0) is 42.2 Å². The second-order valence-corrected chi connectivity index (χ2v) is 12.6. The summed E-state index contributed by atoms with van der Waals surface area (Å²) in [5, 5.41) is 10.6. The Morgan fingerprint density at radius 3 is 1.95 bits per heavy atom. The quantitative estimate of drug-likeness (QED) is 0.112. The van der Waals surface area contributed by atoms with Crippen molar-refractivity contribution in [3.8, 4) is 11.6 Å². The molecule has 3 rings (SSSR count). The average Bonchev–Trinajstić information content (AvgIpc) is 3.32. The minimum atomic E-state index is -0.813. The predicted octanol–water partition coefficient (Wildman–Crippen LogP) is 9.25. The number of aromatic nitrogens is 2. The molecule has 3 aromatic rings. The van der Waals surface area contributed by atoms with Gasteiger partial charge < -0.3 is 14.6 Å². The van der Waals surface area contributed by atoms with Crippen molar-refractivity contribution in [2.45, 2.75) is 123 Å². The van der Waals surface area contributed by atoms with E-state index in [4.69, 9.17) is 9.47 Å². The van der Waals surface area contributed by atoms with Gasteiger partial charge in [0.25, 0.3) is 0 Å². The Hall–Kier alpha value is -3.13. The molecule has 0 spiro atoms. The summed E-state index contributed by atoms with van der Waals surface area (Å²) in [4.78, 5) is 29.4. The molecular weight excluding hydrogens is 572 g/mol. The molecule has 0 aliphatic heterocycles. The fraction of sp³-hybridized carbons (Fsp3) is 0.583. The molecule has 0 saturated carbocycles. The largest absolute Gasteiger partial charge is 0.493 e. The molecule has 1 aromatic carbocycles. The fourth-order valence-electron chi connectivity index (χ4n) is 5.18. The number of hydrogen-bond donors (Lipinski definition) is 1. The highest BCUT2D eigenvalue weighted by Gasteiger charge is 2.21. The highest BCUT2D eigenvalue weighted by atomic mass is 32.1. The zero-order valence-corrected chi connectivity index (χ0v) is 27.7. The number of carbonyl (C=O) groups is 1. The molecule has 44 heavy (non-hydrogen) atoms. The maximum atomic E-state index is 12.5. The number of ether oxygens (including phenoxy) is 2. The first-order valence-corrected chi connectivity index (χ1v) is 17.6. The number of rotatable bonds is 22. The van der Waals surface area contributed by atoms with Gasteiger partial charge in [0, 0.05) is 24.7 Å². The van der Waals surface area contributed by atoms with Crippen molar-refractivity contribution in [1.82, 2.24) is 9.55 Å². The lowest BCUT2D eigenvalue weighted by molar-refractivity contribution is 0.142. The van der Waals surface area contributed by atoms with E-state index < -0.39 is 11.0 Å². The van der Waals surface area contributed by atoms with E-state index in [0.717, 1.165) is 65.0 Å². The van der Waals surface area contributed by atoms with Crippen molar-refractivity contribution >= 4 is 17.4 Å². The Bertz CT molecular complexity index is 1270. The van der Waals surface area contributed by atoms with Crippen LogP contribution >= 0.6 is 11.3 Å². The highest BCUT2D eigenvalue weighted by Crippen LogP contribution is 2.25. The SMILES string of the molecule is CCCCCCCCCCCCCCCCOC(=O)n1c(O)c(Cc2ccc(OCCc3ccc(CC)cn3)cc2)sc1=O. The Kier molecular flexibility index (Phi) is 16.7. The number of benzene rings is 1. The molecule has 8 heteroatoms. The number of aromatic hydroxyl groups is 1. The molecule has 0 bridgehead atoms. The number of nitrogens with zero attached hydrogens (tertiary/aromatic N) is 2. The number of hydrogen-bond acceptors (Lipinski definition) is 7. The molecule has 1 N–H and O–H groups in total. The van der Waals surface area contributed by atoms with Crippen molar-refractivity contribution in [3.05, 3.63) is 74.0 Å². The van der Waals surface area contributed by atoms with Crippen LogP contribution in [0.1, 0.15) is 125 Å². The minimum Gasteiger partial charge on any atom is -0.493 e. The van der Waals surface area contributed by atoms with Crippen LogP contribution in [0.15, 0.2) is 47.4 Å². The summed E-state index contributed by atoms with van der Waals surface area (Å²) in [5.41, 5.74) is 3.11. The van der Waals surface area contributed by atoms with E-state index in [1.54, 1.807) is 0 Å². The minimum absolute atomic E-state index is 0.246. The molecule has 0 fully saturated rings. The van der Waals surface area contributed by atoms with Gasteiger partial charge in [-0.15, -0.1) is 0 Å². The maximum absolute atomic E-state index is 12.5. The van der Waals surface area contributed by atoms with E-state index in [0.29, 0.717) is 17.9 Å². The van der Waals surface area contributed by atoms with Gasteiger partial charge in [0.1, 0.15) is 5.75 Å². The van der Waals surface area contributed by atoms with E-state index in [9.17, 15) is 14.7 Å². The molecule has 7 nitrogen and oxygen atoms in total. The molecule has 242 valence electrons. The molecule has 0 amide bonds. The number of carbonyl (C=O) groups excluding carboxylic acids is 1. The summed E-state index contributed by atoms with van der Waals surface area (Å²) in [6.07, 6.45) is 20.6. The van der Waals surface area contributed by atoms with Crippen LogP contribution in [0.4, 0.5) is 4.79 Å². The topological polar surface area (TPSA) is 90.7 Å². The lowest BCUT2D eigenvalue weighted by Crippen LogP contribution is -2.23. The van der Waals surface area contributed by atoms with Crippen molar-refractivity contribution in [1.29, 1.82) is 0 Å². The second kappa shape index (κ2) is 20.8. The zero-order valence-electron chi connectivity index (χ0n) is 26.9.